The van der Waals surface area contributed by atoms with E-state index in [1.165, 1.54) is 0 Å². The predicted molar refractivity (Wildman–Crippen MR) is 66.1 cm³/mol. The lowest BCUT2D eigenvalue weighted by Gasteiger charge is -2.23. The molecule has 112 valence electrons. The van der Waals surface area contributed by atoms with Crippen molar-refractivity contribution in [3.8, 4) is 0 Å². The Balaban J connectivity index is 3.02. The summed E-state index contributed by atoms with van der Waals surface area (Å²) in [6, 6.07) is 2.28. The first kappa shape index (κ1) is 16.5. The number of anilines is 1. The molecule has 10 heteroatoms. The molecule has 0 aliphatic carbocycles. The first-order valence-corrected chi connectivity index (χ1v) is 5.75. The van der Waals surface area contributed by atoms with Gasteiger partial charge >= 0.3 is 6.18 Å². The number of rotatable bonds is 5. The molecule has 0 saturated heterocycles. The zero-order valence-corrected chi connectivity index (χ0v) is 10.9. The van der Waals surface area contributed by atoms with E-state index < -0.39 is 31.8 Å². The number of aromatic nitrogens is 1. The molecule has 1 rings (SSSR count). The second kappa shape index (κ2) is 6.73. The van der Waals surface area contributed by atoms with Crippen molar-refractivity contribution in [2.45, 2.75) is 6.18 Å². The molecule has 20 heavy (non-hydrogen) atoms. The van der Waals surface area contributed by atoms with E-state index in [2.05, 4.69) is 10.4 Å². The SMILES string of the molecule is NNc1cc(C(=O)N(CCO)CC(F)(F)F)cc(Cl)n1. The first-order valence-electron chi connectivity index (χ1n) is 5.38. The van der Waals surface area contributed by atoms with E-state index in [1.807, 2.05) is 0 Å². The lowest BCUT2D eigenvalue weighted by molar-refractivity contribution is -0.141. The number of hydrazine groups is 1. The number of amides is 1. The molecule has 0 spiro atoms. The van der Waals surface area contributed by atoms with Crippen molar-refractivity contribution >= 4 is 23.3 Å². The van der Waals surface area contributed by atoms with Gasteiger partial charge in [0.1, 0.15) is 17.5 Å². The number of aliphatic hydroxyl groups excluding tert-OH is 1. The van der Waals surface area contributed by atoms with E-state index in [4.69, 9.17) is 22.6 Å². The van der Waals surface area contributed by atoms with Gasteiger partial charge in [0.15, 0.2) is 0 Å². The fourth-order valence-electron chi connectivity index (χ4n) is 1.47. The first-order chi connectivity index (χ1) is 9.26. The van der Waals surface area contributed by atoms with Gasteiger partial charge in [-0.3, -0.25) is 4.79 Å². The summed E-state index contributed by atoms with van der Waals surface area (Å²) in [5.41, 5.74) is 2.03. The topological polar surface area (TPSA) is 91.5 Å². The number of nitrogens with one attached hydrogen (secondary N) is 1. The summed E-state index contributed by atoms with van der Waals surface area (Å²) in [4.78, 5) is 16.2. The van der Waals surface area contributed by atoms with Crippen LogP contribution in [-0.4, -0.2) is 46.8 Å². The molecule has 6 nitrogen and oxygen atoms in total. The maximum absolute atomic E-state index is 12.4. The normalized spacial score (nSPS) is 11.3. The number of nitrogens with zero attached hydrogens (tertiary/aromatic N) is 2. The van der Waals surface area contributed by atoms with Gasteiger partial charge in [-0.2, -0.15) is 13.2 Å². The molecule has 1 heterocycles. The number of nitrogen functional groups attached to an aromatic ring is 1. The Morgan fingerprint density at radius 3 is 2.65 bits per heavy atom. The molecule has 0 saturated carbocycles. The van der Waals surface area contributed by atoms with Crippen LogP contribution in [0, 0.1) is 0 Å². The lowest BCUT2D eigenvalue weighted by atomic mass is 10.2. The Labute approximate surface area is 117 Å². The predicted octanol–water partition coefficient (Wildman–Crippen LogP) is 1.02. The van der Waals surface area contributed by atoms with Crippen LogP contribution in [0.15, 0.2) is 12.1 Å². The third-order valence-corrected chi connectivity index (χ3v) is 2.41. The maximum atomic E-state index is 12.4. The van der Waals surface area contributed by atoms with Crippen molar-refractivity contribution in [3.63, 3.8) is 0 Å². The zero-order valence-electron chi connectivity index (χ0n) is 10.1. The summed E-state index contributed by atoms with van der Waals surface area (Å²) in [5.74, 6) is 4.21. The van der Waals surface area contributed by atoms with Gasteiger partial charge in [-0.25, -0.2) is 10.8 Å². The number of pyridine rings is 1. The highest BCUT2D eigenvalue weighted by Crippen LogP contribution is 2.20. The van der Waals surface area contributed by atoms with Gasteiger partial charge in [0.25, 0.3) is 5.91 Å². The number of carbonyl (C=O) groups is 1. The highest BCUT2D eigenvalue weighted by atomic mass is 35.5. The van der Waals surface area contributed by atoms with Crippen LogP contribution in [0.2, 0.25) is 5.15 Å². The average Bonchev–Trinajstić information content (AvgIpc) is 2.35. The number of nitrogens with two attached hydrogens (primary N) is 1. The minimum absolute atomic E-state index is 0.0387. The highest BCUT2D eigenvalue weighted by Gasteiger charge is 2.33. The van der Waals surface area contributed by atoms with E-state index in [0.29, 0.717) is 4.90 Å². The fourth-order valence-corrected chi connectivity index (χ4v) is 1.68. The Kier molecular flexibility index (Phi) is 5.54. The summed E-state index contributed by atoms with van der Waals surface area (Å²) in [6.07, 6.45) is -4.57. The van der Waals surface area contributed by atoms with Crippen LogP contribution in [0.5, 0.6) is 0 Å². The van der Waals surface area contributed by atoms with E-state index in [1.54, 1.807) is 0 Å². The van der Waals surface area contributed by atoms with Gasteiger partial charge in [0.05, 0.1) is 6.61 Å². The fraction of sp³-hybridized carbons (Fsp3) is 0.400. The minimum atomic E-state index is -4.57. The Bertz CT molecular complexity index is 484. The molecule has 0 unspecified atom stereocenters. The Hall–Kier alpha value is -1.58. The second-order valence-electron chi connectivity index (χ2n) is 3.77. The van der Waals surface area contributed by atoms with Gasteiger partial charge in [0.2, 0.25) is 0 Å². The molecular weight excluding hydrogens is 301 g/mol. The number of aliphatic hydroxyl groups is 1. The monoisotopic (exact) mass is 312 g/mol. The van der Waals surface area contributed by atoms with Gasteiger partial charge in [0, 0.05) is 12.1 Å². The molecule has 1 amide bonds. The van der Waals surface area contributed by atoms with Crippen LogP contribution < -0.4 is 11.3 Å². The molecule has 1 aromatic rings. The minimum Gasteiger partial charge on any atom is -0.395 e. The summed E-state index contributed by atoms with van der Waals surface area (Å²) < 4.78 is 37.2. The molecule has 0 bridgehead atoms. The standard InChI is InChI=1S/C10H12ClF3N4O2/c11-7-3-6(4-8(16-7)17-15)9(20)18(1-2-19)5-10(12,13)14/h3-4,19H,1-2,5,15H2,(H,16,17). The molecule has 0 radical (unpaired) electrons. The molecule has 0 aliphatic heterocycles. The molecule has 0 aliphatic rings. The number of halogens is 4. The molecule has 0 fully saturated rings. The quantitative estimate of drug-likeness (QED) is 0.429. The van der Waals surface area contributed by atoms with Gasteiger partial charge in [-0.1, -0.05) is 11.6 Å². The Morgan fingerprint density at radius 1 is 1.50 bits per heavy atom. The van der Waals surface area contributed by atoms with E-state index in [-0.39, 0.29) is 16.5 Å². The van der Waals surface area contributed by atoms with Crippen molar-refractivity contribution in [2.24, 2.45) is 5.84 Å². The van der Waals surface area contributed by atoms with Crippen LogP contribution in [-0.2, 0) is 0 Å². The number of hydrogen-bond donors (Lipinski definition) is 3. The largest absolute Gasteiger partial charge is 0.406 e. The number of alkyl halides is 3. The van der Waals surface area contributed by atoms with E-state index in [0.717, 1.165) is 12.1 Å². The van der Waals surface area contributed by atoms with Crippen molar-refractivity contribution in [3.05, 3.63) is 22.8 Å². The van der Waals surface area contributed by atoms with Crippen LogP contribution >= 0.6 is 11.6 Å². The van der Waals surface area contributed by atoms with Crippen LogP contribution in [0.25, 0.3) is 0 Å². The van der Waals surface area contributed by atoms with Crippen molar-refractivity contribution in [1.29, 1.82) is 0 Å². The number of hydrogen-bond acceptors (Lipinski definition) is 5. The zero-order chi connectivity index (χ0) is 15.3. The van der Waals surface area contributed by atoms with Gasteiger partial charge in [-0.15, -0.1) is 0 Å². The van der Waals surface area contributed by atoms with Crippen LogP contribution in [0.4, 0.5) is 19.0 Å². The summed E-state index contributed by atoms with van der Waals surface area (Å²) >= 11 is 5.64. The number of carbonyl (C=O) groups excluding carboxylic acids is 1. The van der Waals surface area contributed by atoms with E-state index >= 15 is 0 Å². The summed E-state index contributed by atoms with van der Waals surface area (Å²) in [5, 5.41) is 8.66. The van der Waals surface area contributed by atoms with Gasteiger partial charge in [-0.05, 0) is 12.1 Å². The average molecular weight is 313 g/mol. The van der Waals surface area contributed by atoms with E-state index in [9.17, 15) is 18.0 Å². The Morgan fingerprint density at radius 2 is 2.15 bits per heavy atom. The van der Waals surface area contributed by atoms with Crippen molar-refractivity contribution in [1.82, 2.24) is 9.88 Å². The second-order valence-corrected chi connectivity index (χ2v) is 4.16. The summed E-state index contributed by atoms with van der Waals surface area (Å²) in [7, 11) is 0. The van der Waals surface area contributed by atoms with Crippen molar-refractivity contribution < 1.29 is 23.1 Å². The van der Waals surface area contributed by atoms with Crippen molar-refractivity contribution in [2.75, 3.05) is 25.1 Å². The lowest BCUT2D eigenvalue weighted by Crippen LogP contribution is -2.40. The summed E-state index contributed by atoms with van der Waals surface area (Å²) in [6.45, 7) is -2.52. The molecule has 0 atom stereocenters. The molecule has 4 N–H and O–H groups in total. The molecular formula is C10H12ClF3N4O2. The molecule has 0 aromatic carbocycles. The maximum Gasteiger partial charge on any atom is 0.406 e. The van der Waals surface area contributed by atoms with Gasteiger partial charge < -0.3 is 15.4 Å². The third-order valence-electron chi connectivity index (χ3n) is 2.22. The molecule has 1 aromatic heterocycles. The van der Waals surface area contributed by atoms with Crippen LogP contribution in [0.3, 0.4) is 0 Å². The smallest absolute Gasteiger partial charge is 0.395 e. The van der Waals surface area contributed by atoms with Crippen LogP contribution in [0.1, 0.15) is 10.4 Å². The third kappa shape index (κ3) is 4.83. The highest BCUT2D eigenvalue weighted by molar-refractivity contribution is 6.29.